The molecular weight excluding hydrogens is 543 g/mol. The zero-order valence-corrected chi connectivity index (χ0v) is 20.9. The minimum absolute atomic E-state index is 0.142. The summed E-state index contributed by atoms with van der Waals surface area (Å²) in [4.78, 5) is 27.8. The summed E-state index contributed by atoms with van der Waals surface area (Å²) in [6.45, 7) is 3.31. The van der Waals surface area contributed by atoms with Gasteiger partial charge in [0.25, 0.3) is 5.91 Å². The molecule has 2 unspecified atom stereocenters. The summed E-state index contributed by atoms with van der Waals surface area (Å²) < 4.78 is 32.7. The van der Waals surface area contributed by atoms with Crippen molar-refractivity contribution in [3.05, 3.63) is 70.5 Å². The molecule has 7 nitrogen and oxygen atoms in total. The Hall–Kier alpha value is -3.18. The number of hydrogen-bond donors (Lipinski definition) is 3. The Morgan fingerprint density at radius 3 is 2.47 bits per heavy atom. The summed E-state index contributed by atoms with van der Waals surface area (Å²) in [7, 11) is 0. The second kappa shape index (κ2) is 11.7. The summed E-state index contributed by atoms with van der Waals surface area (Å²) in [6.07, 6.45) is -0.578. The molecule has 0 bridgehead atoms. The van der Waals surface area contributed by atoms with Crippen LogP contribution in [0, 0.1) is 6.92 Å². The predicted molar refractivity (Wildman–Crippen MR) is 132 cm³/mol. The molecule has 3 aromatic rings. The van der Waals surface area contributed by atoms with E-state index >= 15 is 0 Å². The van der Waals surface area contributed by atoms with Crippen molar-refractivity contribution in [2.75, 3.05) is 18.4 Å². The first kappa shape index (κ1) is 27.4. The van der Waals surface area contributed by atoms with Crippen molar-refractivity contribution in [2.24, 2.45) is 0 Å². The van der Waals surface area contributed by atoms with Crippen LogP contribution in [0.2, 0.25) is 0 Å². The third-order valence-electron chi connectivity index (χ3n) is 5.73. The fourth-order valence-corrected chi connectivity index (χ4v) is 4.27. The highest BCUT2D eigenvalue weighted by molar-refractivity contribution is 9.10. The molecule has 0 radical (unpaired) electrons. The van der Waals surface area contributed by atoms with Gasteiger partial charge in [0, 0.05) is 52.5 Å². The van der Waals surface area contributed by atoms with Crippen molar-refractivity contribution < 1.29 is 33.0 Å². The number of aliphatic hydroxyl groups excluding tert-OH is 1. The molecular formula is C25H25BrF3N3O4. The summed E-state index contributed by atoms with van der Waals surface area (Å²) >= 11 is 3.38. The fraction of sp³-hybridized carbons (Fsp3) is 0.320. The fourth-order valence-electron chi connectivity index (χ4n) is 4.01. The van der Waals surface area contributed by atoms with Crippen molar-refractivity contribution in [3.8, 4) is 0 Å². The number of aromatic nitrogens is 1. The van der Waals surface area contributed by atoms with Crippen LogP contribution in [0.3, 0.4) is 0 Å². The molecule has 1 aliphatic heterocycles. The largest absolute Gasteiger partial charge is 0.490 e. The third-order valence-corrected chi connectivity index (χ3v) is 6.26. The maximum atomic E-state index is 12.9. The normalized spacial score (nSPS) is 16.6. The molecule has 0 spiro atoms. The first-order valence-electron chi connectivity index (χ1n) is 11.1. The topological polar surface area (TPSA) is 103 Å². The zero-order valence-electron chi connectivity index (χ0n) is 19.3. The van der Waals surface area contributed by atoms with Crippen LogP contribution in [0.15, 0.2) is 59.3 Å². The number of carbonyl (C=O) groups excluding carboxylic acids is 1. The molecule has 1 saturated heterocycles. The number of piperidine rings is 1. The van der Waals surface area contributed by atoms with E-state index < -0.39 is 18.2 Å². The average Bonchev–Trinajstić information content (AvgIpc) is 2.84. The van der Waals surface area contributed by atoms with Gasteiger partial charge in [-0.3, -0.25) is 9.78 Å². The van der Waals surface area contributed by atoms with E-state index in [0.29, 0.717) is 18.7 Å². The van der Waals surface area contributed by atoms with E-state index in [-0.39, 0.29) is 11.9 Å². The summed E-state index contributed by atoms with van der Waals surface area (Å²) in [5, 5.41) is 23.6. The number of nitrogens with one attached hydrogen (secondary N) is 1. The van der Waals surface area contributed by atoms with Gasteiger partial charge in [-0.1, -0.05) is 40.2 Å². The lowest BCUT2D eigenvalue weighted by Crippen LogP contribution is -2.46. The van der Waals surface area contributed by atoms with Crippen LogP contribution >= 0.6 is 15.9 Å². The lowest BCUT2D eigenvalue weighted by atomic mass is 10.0. The van der Waals surface area contributed by atoms with Gasteiger partial charge in [-0.15, -0.1) is 0 Å². The number of aryl methyl sites for hydroxylation is 1. The number of carboxylic acids is 1. The molecule has 36 heavy (non-hydrogen) atoms. The van der Waals surface area contributed by atoms with E-state index in [1.54, 1.807) is 17.0 Å². The Morgan fingerprint density at radius 2 is 1.83 bits per heavy atom. The van der Waals surface area contributed by atoms with Gasteiger partial charge >= 0.3 is 12.1 Å². The highest BCUT2D eigenvalue weighted by atomic mass is 79.9. The minimum atomic E-state index is -5.08. The molecule has 2 atom stereocenters. The maximum Gasteiger partial charge on any atom is 0.490 e. The molecule has 1 aromatic heterocycles. The van der Waals surface area contributed by atoms with Crippen LogP contribution in [0.25, 0.3) is 10.8 Å². The number of anilines is 1. The zero-order chi connectivity index (χ0) is 26.5. The van der Waals surface area contributed by atoms with Crippen LogP contribution in [-0.4, -0.2) is 57.3 Å². The standard InChI is InChI=1S/C23H24BrN3O2.C2HF3O2/c1-15-12-25-13-17-4-2-6-20(21(15)17)26-19-5-3-11-27(14-19)23(29)22(28)16-7-9-18(24)10-8-16;3-2(4,5)1(6)7/h2,4,6-10,12-13,19,22,26,28H,3,5,11,14H2,1H3;(H,6,7). The molecule has 4 rings (SSSR count). The van der Waals surface area contributed by atoms with Gasteiger partial charge in [0.2, 0.25) is 0 Å². The summed E-state index contributed by atoms with van der Waals surface area (Å²) in [5.74, 6) is -3.00. The molecule has 2 heterocycles. The van der Waals surface area contributed by atoms with Crippen molar-refractivity contribution >= 4 is 44.3 Å². The van der Waals surface area contributed by atoms with Crippen molar-refractivity contribution in [1.82, 2.24) is 9.88 Å². The average molecular weight is 568 g/mol. The molecule has 11 heteroatoms. The molecule has 2 aromatic carbocycles. The predicted octanol–water partition coefficient (Wildman–Crippen LogP) is 5.08. The highest BCUT2D eigenvalue weighted by Gasteiger charge is 2.38. The number of carbonyl (C=O) groups is 2. The van der Waals surface area contributed by atoms with E-state index in [4.69, 9.17) is 9.90 Å². The monoisotopic (exact) mass is 567 g/mol. The first-order chi connectivity index (χ1) is 17.0. The number of aliphatic hydroxyl groups is 1. The Morgan fingerprint density at radius 1 is 1.17 bits per heavy atom. The molecule has 0 saturated carbocycles. The number of halogens is 4. The number of nitrogens with zero attached hydrogens (tertiary/aromatic N) is 2. The Balaban J connectivity index is 0.000000454. The van der Waals surface area contributed by atoms with Gasteiger partial charge in [0.05, 0.1) is 0 Å². The van der Waals surface area contributed by atoms with Gasteiger partial charge in [0.15, 0.2) is 6.10 Å². The van der Waals surface area contributed by atoms with Gasteiger partial charge < -0.3 is 20.4 Å². The summed E-state index contributed by atoms with van der Waals surface area (Å²) in [5.41, 5.74) is 2.81. The molecule has 1 aliphatic rings. The Labute approximate surface area is 214 Å². The highest BCUT2D eigenvalue weighted by Crippen LogP contribution is 2.28. The van der Waals surface area contributed by atoms with Gasteiger partial charge in [-0.2, -0.15) is 13.2 Å². The number of pyridine rings is 1. The number of alkyl halides is 3. The van der Waals surface area contributed by atoms with Crippen LogP contribution < -0.4 is 5.32 Å². The number of carboxylic acid groups (broad SMARTS) is 1. The second-order valence-electron chi connectivity index (χ2n) is 8.38. The van der Waals surface area contributed by atoms with Crippen LogP contribution in [0.1, 0.15) is 30.1 Å². The van der Waals surface area contributed by atoms with Crippen molar-refractivity contribution in [1.29, 1.82) is 0 Å². The van der Waals surface area contributed by atoms with Crippen LogP contribution in [0.4, 0.5) is 18.9 Å². The van der Waals surface area contributed by atoms with E-state index in [1.165, 1.54) is 5.39 Å². The Bertz CT molecular complexity index is 1220. The van der Waals surface area contributed by atoms with Crippen LogP contribution in [0.5, 0.6) is 0 Å². The number of fused-ring (bicyclic) bond motifs is 1. The number of likely N-dealkylation sites (tertiary alicyclic amines) is 1. The van der Waals surface area contributed by atoms with E-state index in [0.717, 1.165) is 34.0 Å². The van der Waals surface area contributed by atoms with E-state index in [9.17, 15) is 23.1 Å². The molecule has 1 fully saturated rings. The number of hydrogen-bond acceptors (Lipinski definition) is 5. The number of rotatable bonds is 4. The van der Waals surface area contributed by atoms with Crippen molar-refractivity contribution in [3.63, 3.8) is 0 Å². The number of amides is 1. The van der Waals surface area contributed by atoms with Crippen LogP contribution in [-0.2, 0) is 9.59 Å². The van der Waals surface area contributed by atoms with E-state index in [1.807, 2.05) is 30.6 Å². The lowest BCUT2D eigenvalue weighted by Gasteiger charge is -2.35. The van der Waals surface area contributed by atoms with Gasteiger partial charge in [-0.25, -0.2) is 4.79 Å². The minimum Gasteiger partial charge on any atom is -0.475 e. The molecule has 3 N–H and O–H groups in total. The number of aliphatic carboxylic acids is 1. The van der Waals surface area contributed by atoms with Gasteiger partial charge in [0.1, 0.15) is 0 Å². The number of benzene rings is 2. The Kier molecular flexibility index (Phi) is 8.91. The van der Waals surface area contributed by atoms with Crippen molar-refractivity contribution in [2.45, 2.75) is 38.1 Å². The lowest BCUT2D eigenvalue weighted by molar-refractivity contribution is -0.192. The molecule has 0 aliphatic carbocycles. The maximum absolute atomic E-state index is 12.9. The first-order valence-corrected chi connectivity index (χ1v) is 11.9. The van der Waals surface area contributed by atoms with E-state index in [2.05, 4.69) is 45.3 Å². The molecule has 192 valence electrons. The second-order valence-corrected chi connectivity index (χ2v) is 9.30. The molecule has 1 amide bonds. The smallest absolute Gasteiger partial charge is 0.475 e. The summed E-state index contributed by atoms with van der Waals surface area (Å²) in [6, 6.07) is 13.5. The van der Waals surface area contributed by atoms with Gasteiger partial charge in [-0.05, 0) is 49.1 Å². The quantitative estimate of drug-likeness (QED) is 0.406. The SMILES string of the molecule is Cc1cncc2cccc(NC3CCCN(C(=O)C(O)c4ccc(Br)cc4)C3)c12.O=C(O)C(F)(F)F. The third kappa shape index (κ3) is 6.94.